The second-order valence-corrected chi connectivity index (χ2v) is 4.89. The minimum atomic E-state index is 0.909. The van der Waals surface area contributed by atoms with E-state index in [1.165, 1.54) is 16.5 Å². The summed E-state index contributed by atoms with van der Waals surface area (Å²) in [7, 11) is 0. The maximum Gasteiger partial charge on any atom is 0.168 e. The van der Waals surface area contributed by atoms with Crippen molar-refractivity contribution >= 4 is 16.4 Å². The predicted octanol–water partition coefficient (Wildman–Crippen LogP) is 3.86. The van der Waals surface area contributed by atoms with Crippen molar-refractivity contribution < 1.29 is 0 Å². The van der Waals surface area contributed by atoms with E-state index in [1.54, 1.807) is 0 Å². The third-order valence-corrected chi connectivity index (χ3v) is 3.69. The number of hydrogen-bond acceptors (Lipinski definition) is 2. The zero-order valence-electron chi connectivity index (χ0n) is 11.1. The van der Waals surface area contributed by atoms with Crippen LogP contribution in [0.2, 0.25) is 0 Å². The lowest BCUT2D eigenvalue weighted by atomic mass is 9.99. The molecule has 0 saturated heterocycles. The van der Waals surface area contributed by atoms with Crippen molar-refractivity contribution in [3.8, 4) is 11.1 Å². The zero-order valence-corrected chi connectivity index (χ0v) is 11.1. The number of aryl methyl sites for hydroxylation is 1. The summed E-state index contributed by atoms with van der Waals surface area (Å²) in [5, 5.41) is 10.8. The monoisotopic (exact) mass is 259 g/mol. The summed E-state index contributed by atoms with van der Waals surface area (Å²) in [5.41, 5.74) is 3.36. The lowest BCUT2D eigenvalue weighted by Crippen LogP contribution is -1.89. The van der Waals surface area contributed by atoms with E-state index in [4.69, 9.17) is 0 Å². The average Bonchev–Trinajstić information content (AvgIpc) is 2.89. The lowest BCUT2D eigenvalue weighted by Gasteiger charge is -2.07. The molecule has 0 aliphatic rings. The highest BCUT2D eigenvalue weighted by Gasteiger charge is 2.09. The van der Waals surface area contributed by atoms with Gasteiger partial charge < -0.3 is 0 Å². The topological polar surface area (TPSA) is 30.2 Å². The van der Waals surface area contributed by atoms with Crippen molar-refractivity contribution in [3.63, 3.8) is 0 Å². The van der Waals surface area contributed by atoms with Crippen molar-refractivity contribution in [3.05, 3.63) is 66.6 Å². The molecule has 3 heteroatoms. The largest absolute Gasteiger partial charge is 0.286 e. The Bertz CT molecular complexity index is 907. The van der Waals surface area contributed by atoms with Crippen LogP contribution in [0.4, 0.5) is 0 Å². The Balaban J connectivity index is 2.11. The normalized spacial score (nSPS) is 11.2. The summed E-state index contributed by atoms with van der Waals surface area (Å²) in [6, 6.07) is 18.9. The number of nitrogens with zero attached hydrogens (tertiary/aromatic N) is 3. The molecule has 96 valence electrons. The molecule has 0 spiro atoms. The fourth-order valence-electron chi connectivity index (χ4n) is 2.69. The van der Waals surface area contributed by atoms with Gasteiger partial charge in [-0.1, -0.05) is 48.5 Å². The molecule has 0 bridgehead atoms. The van der Waals surface area contributed by atoms with Crippen LogP contribution in [0.5, 0.6) is 0 Å². The van der Waals surface area contributed by atoms with E-state index in [0.29, 0.717) is 0 Å². The molecule has 0 unspecified atom stereocenters. The maximum absolute atomic E-state index is 4.29. The van der Waals surface area contributed by atoms with Gasteiger partial charge in [0, 0.05) is 11.6 Å². The summed E-state index contributed by atoms with van der Waals surface area (Å²) in [4.78, 5) is 0. The van der Waals surface area contributed by atoms with Gasteiger partial charge in [-0.3, -0.25) is 4.40 Å². The molecule has 0 aliphatic heterocycles. The van der Waals surface area contributed by atoms with Gasteiger partial charge in [0.05, 0.1) is 0 Å². The first-order valence-corrected chi connectivity index (χ1v) is 6.63. The smallest absolute Gasteiger partial charge is 0.168 e. The zero-order chi connectivity index (χ0) is 13.5. The van der Waals surface area contributed by atoms with Gasteiger partial charge in [-0.15, -0.1) is 10.2 Å². The van der Waals surface area contributed by atoms with Crippen LogP contribution in [0.15, 0.2) is 60.8 Å². The SMILES string of the molecule is Cc1nnc2c3cccc(-c4ccccc4)c3ccn12. The van der Waals surface area contributed by atoms with Crippen LogP contribution in [0.25, 0.3) is 27.5 Å². The van der Waals surface area contributed by atoms with Gasteiger partial charge in [0.25, 0.3) is 0 Å². The molecule has 0 fully saturated rings. The molecule has 2 heterocycles. The highest BCUT2D eigenvalue weighted by molar-refractivity contribution is 6.02. The van der Waals surface area contributed by atoms with E-state index in [2.05, 4.69) is 58.7 Å². The first-order valence-electron chi connectivity index (χ1n) is 6.63. The highest BCUT2D eigenvalue weighted by atomic mass is 15.2. The number of rotatable bonds is 1. The van der Waals surface area contributed by atoms with Crippen LogP contribution < -0.4 is 0 Å². The third kappa shape index (κ3) is 1.53. The van der Waals surface area contributed by atoms with E-state index in [9.17, 15) is 0 Å². The van der Waals surface area contributed by atoms with E-state index >= 15 is 0 Å². The Morgan fingerprint density at radius 3 is 2.50 bits per heavy atom. The summed E-state index contributed by atoms with van der Waals surface area (Å²) >= 11 is 0. The van der Waals surface area contributed by atoms with E-state index in [1.807, 2.05) is 23.6 Å². The molecule has 4 aromatic rings. The highest BCUT2D eigenvalue weighted by Crippen LogP contribution is 2.30. The number of hydrogen-bond donors (Lipinski definition) is 0. The fourth-order valence-corrected chi connectivity index (χ4v) is 2.69. The maximum atomic E-state index is 4.29. The van der Waals surface area contributed by atoms with Gasteiger partial charge in [-0.2, -0.15) is 0 Å². The van der Waals surface area contributed by atoms with Crippen molar-refractivity contribution in [2.45, 2.75) is 6.92 Å². The summed E-state index contributed by atoms with van der Waals surface area (Å²) < 4.78 is 2.02. The molecule has 3 nitrogen and oxygen atoms in total. The molecular formula is C17H13N3. The number of fused-ring (bicyclic) bond motifs is 3. The Morgan fingerprint density at radius 2 is 1.65 bits per heavy atom. The first kappa shape index (κ1) is 11.2. The molecule has 0 amide bonds. The molecule has 2 aromatic heterocycles. The second kappa shape index (κ2) is 4.17. The van der Waals surface area contributed by atoms with E-state index < -0.39 is 0 Å². The minimum Gasteiger partial charge on any atom is -0.286 e. The minimum absolute atomic E-state index is 0.909. The molecule has 0 saturated carbocycles. The Kier molecular flexibility index (Phi) is 2.33. The van der Waals surface area contributed by atoms with Crippen LogP contribution >= 0.6 is 0 Å². The first-order chi connectivity index (χ1) is 9.84. The Labute approximate surface area is 116 Å². The predicted molar refractivity (Wildman–Crippen MR) is 80.7 cm³/mol. The van der Waals surface area contributed by atoms with Gasteiger partial charge in [0.1, 0.15) is 5.82 Å². The van der Waals surface area contributed by atoms with E-state index in [0.717, 1.165) is 16.9 Å². The van der Waals surface area contributed by atoms with Crippen LogP contribution in [0.1, 0.15) is 5.82 Å². The average molecular weight is 259 g/mol. The third-order valence-electron chi connectivity index (χ3n) is 3.69. The summed E-state index contributed by atoms with van der Waals surface area (Å²) in [6.45, 7) is 1.97. The van der Waals surface area contributed by atoms with Gasteiger partial charge in [0.15, 0.2) is 5.65 Å². The molecule has 20 heavy (non-hydrogen) atoms. The Hall–Kier alpha value is -2.68. The molecule has 4 rings (SSSR count). The van der Waals surface area contributed by atoms with Crippen molar-refractivity contribution in [1.82, 2.24) is 14.6 Å². The van der Waals surface area contributed by atoms with Crippen LogP contribution in [-0.4, -0.2) is 14.6 Å². The standard InChI is InChI=1S/C17H13N3/c1-12-18-19-17-16-9-5-8-14(13-6-3-2-4-7-13)15(16)10-11-20(12)17/h2-11H,1H3. The summed E-state index contributed by atoms with van der Waals surface area (Å²) in [5.74, 6) is 0.909. The van der Waals surface area contributed by atoms with Crippen molar-refractivity contribution in [1.29, 1.82) is 0 Å². The van der Waals surface area contributed by atoms with Crippen LogP contribution in [0, 0.1) is 6.92 Å². The second-order valence-electron chi connectivity index (χ2n) is 4.89. The van der Waals surface area contributed by atoms with E-state index in [-0.39, 0.29) is 0 Å². The van der Waals surface area contributed by atoms with Gasteiger partial charge >= 0.3 is 0 Å². The lowest BCUT2D eigenvalue weighted by molar-refractivity contribution is 1.01. The number of benzene rings is 2. The van der Waals surface area contributed by atoms with Crippen LogP contribution in [-0.2, 0) is 0 Å². The molecule has 0 atom stereocenters. The summed E-state index contributed by atoms with van der Waals surface area (Å²) in [6.07, 6.45) is 2.04. The molecule has 0 aliphatic carbocycles. The van der Waals surface area contributed by atoms with Crippen molar-refractivity contribution in [2.75, 3.05) is 0 Å². The van der Waals surface area contributed by atoms with Crippen molar-refractivity contribution in [2.24, 2.45) is 0 Å². The fraction of sp³-hybridized carbons (Fsp3) is 0.0588. The number of aromatic nitrogens is 3. The number of pyridine rings is 1. The molecule has 2 aromatic carbocycles. The van der Waals surface area contributed by atoms with Gasteiger partial charge in [-0.25, -0.2) is 0 Å². The van der Waals surface area contributed by atoms with Gasteiger partial charge in [0.2, 0.25) is 0 Å². The Morgan fingerprint density at radius 1 is 0.800 bits per heavy atom. The van der Waals surface area contributed by atoms with Crippen LogP contribution in [0.3, 0.4) is 0 Å². The molecule has 0 N–H and O–H groups in total. The van der Waals surface area contributed by atoms with Gasteiger partial charge in [-0.05, 0) is 29.5 Å². The molecule has 0 radical (unpaired) electrons. The quantitative estimate of drug-likeness (QED) is 0.519. The molecular weight excluding hydrogens is 246 g/mol.